The van der Waals surface area contributed by atoms with Crippen molar-refractivity contribution in [3.8, 4) is 0 Å². The molecule has 3 nitrogen and oxygen atoms in total. The van der Waals surface area contributed by atoms with Gasteiger partial charge in [-0.3, -0.25) is 5.43 Å². The van der Waals surface area contributed by atoms with Crippen molar-refractivity contribution in [2.45, 2.75) is 31.3 Å². The van der Waals surface area contributed by atoms with Gasteiger partial charge in [-0.05, 0) is 30.9 Å². The zero-order valence-electron chi connectivity index (χ0n) is 10.1. The van der Waals surface area contributed by atoms with Crippen LogP contribution in [0.2, 0.25) is 0 Å². The summed E-state index contributed by atoms with van der Waals surface area (Å²) < 4.78 is 0. The average molecular weight is 231 g/mol. The summed E-state index contributed by atoms with van der Waals surface area (Å²) in [7, 11) is 0. The molecule has 0 amide bonds. The van der Waals surface area contributed by atoms with Crippen molar-refractivity contribution in [2.75, 3.05) is 6.54 Å². The maximum Gasteiger partial charge on any atom is 0.0509 e. The summed E-state index contributed by atoms with van der Waals surface area (Å²) in [5.74, 6) is 1.30. The van der Waals surface area contributed by atoms with E-state index in [4.69, 9.17) is 5.73 Å². The number of rotatable bonds is 2. The number of hydrogen-bond acceptors (Lipinski definition) is 3. The van der Waals surface area contributed by atoms with Gasteiger partial charge in [-0.1, -0.05) is 36.8 Å². The number of benzene rings is 1. The Hall–Kier alpha value is -0.900. The Bertz CT molecular complexity index is 365. The van der Waals surface area contributed by atoms with Crippen LogP contribution in [-0.4, -0.2) is 12.6 Å². The van der Waals surface area contributed by atoms with Crippen molar-refractivity contribution in [2.24, 2.45) is 17.6 Å². The molecule has 4 atom stereocenters. The highest BCUT2D eigenvalue weighted by Crippen LogP contribution is 2.41. The summed E-state index contributed by atoms with van der Waals surface area (Å²) in [6.07, 6.45) is 3.86. The number of nitrogens with one attached hydrogen (secondary N) is 2. The highest BCUT2D eigenvalue weighted by Gasteiger charge is 2.42. The fourth-order valence-electron chi connectivity index (χ4n) is 3.52. The molecule has 1 saturated heterocycles. The van der Waals surface area contributed by atoms with Gasteiger partial charge in [0.2, 0.25) is 0 Å². The maximum atomic E-state index is 5.94. The lowest BCUT2D eigenvalue weighted by molar-refractivity contribution is 0.208. The Morgan fingerprint density at radius 3 is 2.71 bits per heavy atom. The van der Waals surface area contributed by atoms with Crippen LogP contribution in [0.3, 0.4) is 0 Å². The average Bonchev–Trinajstić information content (AvgIpc) is 2.83. The summed E-state index contributed by atoms with van der Waals surface area (Å²) in [4.78, 5) is 0. The molecule has 0 bridgehead atoms. The van der Waals surface area contributed by atoms with Crippen LogP contribution in [0.1, 0.15) is 30.9 Å². The van der Waals surface area contributed by atoms with Gasteiger partial charge in [0, 0.05) is 12.0 Å². The van der Waals surface area contributed by atoms with E-state index in [1.807, 2.05) is 0 Å². The summed E-state index contributed by atoms with van der Waals surface area (Å²) in [5, 5.41) is 0. The standard InChI is InChI=1S/C14H21N3/c15-9-11-7-4-8-12-13(11)14(17-16-12)10-5-2-1-3-6-10/h1-3,5-6,11-14,16-17H,4,7-9,15H2. The van der Waals surface area contributed by atoms with Crippen LogP contribution in [0.25, 0.3) is 0 Å². The first kappa shape index (κ1) is 11.2. The SMILES string of the molecule is NCC1CCCC2NNC(c3ccccc3)C12. The topological polar surface area (TPSA) is 50.1 Å². The van der Waals surface area contributed by atoms with Crippen LogP contribution in [0.5, 0.6) is 0 Å². The molecule has 4 unspecified atom stereocenters. The minimum Gasteiger partial charge on any atom is -0.330 e. The van der Waals surface area contributed by atoms with Crippen molar-refractivity contribution in [3.63, 3.8) is 0 Å². The lowest BCUT2D eigenvalue weighted by Crippen LogP contribution is -2.39. The number of hydrazine groups is 1. The van der Waals surface area contributed by atoms with E-state index in [0.717, 1.165) is 6.54 Å². The van der Waals surface area contributed by atoms with Crippen LogP contribution < -0.4 is 16.6 Å². The van der Waals surface area contributed by atoms with E-state index in [9.17, 15) is 0 Å². The zero-order valence-corrected chi connectivity index (χ0v) is 10.1. The first-order chi connectivity index (χ1) is 8.40. The summed E-state index contributed by atoms with van der Waals surface area (Å²) in [6, 6.07) is 11.8. The van der Waals surface area contributed by atoms with Gasteiger partial charge in [-0.15, -0.1) is 0 Å². The maximum absolute atomic E-state index is 5.94. The molecule has 2 aliphatic rings. The molecule has 92 valence electrons. The van der Waals surface area contributed by atoms with Crippen LogP contribution in [-0.2, 0) is 0 Å². The normalized spacial score (nSPS) is 36.8. The van der Waals surface area contributed by atoms with Gasteiger partial charge >= 0.3 is 0 Å². The molecule has 2 fully saturated rings. The smallest absolute Gasteiger partial charge is 0.0509 e. The van der Waals surface area contributed by atoms with Crippen LogP contribution in [0, 0.1) is 11.8 Å². The second-order valence-corrected chi connectivity index (χ2v) is 5.29. The largest absolute Gasteiger partial charge is 0.330 e. The fraction of sp³-hybridized carbons (Fsp3) is 0.571. The van der Waals surface area contributed by atoms with E-state index in [1.165, 1.54) is 24.8 Å². The molecule has 1 aromatic carbocycles. The first-order valence-corrected chi connectivity index (χ1v) is 6.66. The Labute approximate surface area is 103 Å². The Balaban J connectivity index is 1.86. The minimum atomic E-state index is 0.426. The van der Waals surface area contributed by atoms with Crippen molar-refractivity contribution in [3.05, 3.63) is 35.9 Å². The predicted molar refractivity (Wildman–Crippen MR) is 69.1 cm³/mol. The lowest BCUT2D eigenvalue weighted by atomic mass is 9.72. The minimum absolute atomic E-state index is 0.426. The van der Waals surface area contributed by atoms with Gasteiger partial charge in [0.05, 0.1) is 6.04 Å². The molecule has 1 aliphatic heterocycles. The third kappa shape index (κ3) is 1.99. The van der Waals surface area contributed by atoms with Crippen molar-refractivity contribution in [1.29, 1.82) is 0 Å². The van der Waals surface area contributed by atoms with Crippen molar-refractivity contribution >= 4 is 0 Å². The third-order valence-electron chi connectivity index (χ3n) is 4.37. The van der Waals surface area contributed by atoms with Gasteiger partial charge in [-0.25, -0.2) is 5.43 Å². The molecule has 0 radical (unpaired) electrons. The Kier molecular flexibility index (Phi) is 3.14. The summed E-state index contributed by atoms with van der Waals surface area (Å²) >= 11 is 0. The second kappa shape index (κ2) is 4.77. The molecule has 1 saturated carbocycles. The van der Waals surface area contributed by atoms with Crippen molar-refractivity contribution < 1.29 is 0 Å². The Morgan fingerprint density at radius 2 is 1.94 bits per heavy atom. The number of fused-ring (bicyclic) bond motifs is 1. The predicted octanol–water partition coefficient (Wildman–Crippen LogP) is 1.58. The molecule has 4 N–H and O–H groups in total. The molecule has 3 rings (SSSR count). The molecule has 0 aromatic heterocycles. The molecule has 1 aromatic rings. The molecule has 0 spiro atoms. The molecule has 1 heterocycles. The molecule has 1 aliphatic carbocycles. The highest BCUT2D eigenvalue weighted by atomic mass is 15.4. The van der Waals surface area contributed by atoms with Crippen LogP contribution >= 0.6 is 0 Å². The Morgan fingerprint density at radius 1 is 1.12 bits per heavy atom. The second-order valence-electron chi connectivity index (χ2n) is 5.29. The monoisotopic (exact) mass is 231 g/mol. The van der Waals surface area contributed by atoms with Gasteiger partial charge in [0.1, 0.15) is 0 Å². The summed E-state index contributed by atoms with van der Waals surface area (Å²) in [6.45, 7) is 0.813. The fourth-order valence-corrected chi connectivity index (χ4v) is 3.52. The van der Waals surface area contributed by atoms with E-state index in [1.54, 1.807) is 0 Å². The van der Waals surface area contributed by atoms with Gasteiger partial charge in [0.25, 0.3) is 0 Å². The molecule has 17 heavy (non-hydrogen) atoms. The van der Waals surface area contributed by atoms with Gasteiger partial charge < -0.3 is 5.73 Å². The molecular formula is C14H21N3. The zero-order chi connectivity index (χ0) is 11.7. The number of hydrogen-bond donors (Lipinski definition) is 3. The van der Waals surface area contributed by atoms with E-state index in [0.29, 0.717) is 23.9 Å². The molecule has 3 heteroatoms. The summed E-state index contributed by atoms with van der Waals surface area (Å²) in [5.41, 5.74) is 14.3. The van der Waals surface area contributed by atoms with Crippen molar-refractivity contribution in [1.82, 2.24) is 10.9 Å². The quantitative estimate of drug-likeness (QED) is 0.724. The van der Waals surface area contributed by atoms with Gasteiger partial charge in [-0.2, -0.15) is 0 Å². The van der Waals surface area contributed by atoms with Crippen LogP contribution in [0.4, 0.5) is 0 Å². The lowest BCUT2D eigenvalue weighted by Gasteiger charge is -2.35. The third-order valence-corrected chi connectivity index (χ3v) is 4.37. The number of nitrogens with two attached hydrogens (primary N) is 1. The first-order valence-electron chi connectivity index (χ1n) is 6.66. The van der Waals surface area contributed by atoms with Gasteiger partial charge in [0.15, 0.2) is 0 Å². The van der Waals surface area contributed by atoms with E-state index >= 15 is 0 Å². The van der Waals surface area contributed by atoms with Crippen LogP contribution in [0.15, 0.2) is 30.3 Å². The van der Waals surface area contributed by atoms with E-state index in [-0.39, 0.29) is 0 Å². The van der Waals surface area contributed by atoms with E-state index < -0.39 is 0 Å². The molecular weight excluding hydrogens is 210 g/mol. The van der Waals surface area contributed by atoms with E-state index in [2.05, 4.69) is 41.2 Å². The highest BCUT2D eigenvalue weighted by molar-refractivity contribution is 5.22.